The van der Waals surface area contributed by atoms with Crippen molar-refractivity contribution in [2.75, 3.05) is 13.1 Å². The molecule has 1 aliphatic carbocycles. The molecule has 1 saturated carbocycles. The number of aliphatic hydroxyl groups is 1. The molecule has 114 valence electrons. The van der Waals surface area contributed by atoms with Crippen LogP contribution in [0.2, 0.25) is 0 Å². The Bertz CT molecular complexity index is 566. The Labute approximate surface area is 134 Å². The average Bonchev–Trinajstić information content (AvgIpc) is 3.04. The molecule has 9 heteroatoms. The van der Waals surface area contributed by atoms with Gasteiger partial charge in [-0.05, 0) is 35.2 Å². The highest BCUT2D eigenvalue weighted by Crippen LogP contribution is 2.26. The van der Waals surface area contributed by atoms with E-state index in [1.807, 2.05) is 0 Å². The molecule has 0 aromatic carbocycles. The molecule has 3 rings (SSSR count). The quantitative estimate of drug-likeness (QED) is 0.773. The topological polar surface area (TPSA) is 86.6 Å². The van der Waals surface area contributed by atoms with Gasteiger partial charge in [0.25, 0.3) is 0 Å². The van der Waals surface area contributed by atoms with Crippen molar-refractivity contribution in [3.05, 3.63) is 8.92 Å². The van der Waals surface area contributed by atoms with Gasteiger partial charge in [0.15, 0.2) is 3.92 Å². The van der Waals surface area contributed by atoms with E-state index in [1.165, 1.54) is 16.2 Å². The van der Waals surface area contributed by atoms with Crippen molar-refractivity contribution in [3.63, 3.8) is 0 Å². The minimum atomic E-state index is -0.492. The van der Waals surface area contributed by atoms with Crippen LogP contribution >= 0.6 is 27.3 Å². The van der Waals surface area contributed by atoms with Gasteiger partial charge >= 0.3 is 11.8 Å². The van der Waals surface area contributed by atoms with Crippen molar-refractivity contribution in [3.8, 4) is 0 Å². The second kappa shape index (κ2) is 5.98. The Balaban J connectivity index is 1.64. The van der Waals surface area contributed by atoms with Crippen LogP contribution in [0.3, 0.4) is 0 Å². The molecule has 1 aromatic rings. The summed E-state index contributed by atoms with van der Waals surface area (Å²) in [4.78, 5) is 27.6. The van der Waals surface area contributed by atoms with Crippen molar-refractivity contribution >= 4 is 39.1 Å². The molecule has 0 bridgehead atoms. The van der Waals surface area contributed by atoms with Crippen LogP contribution in [-0.4, -0.2) is 62.2 Å². The van der Waals surface area contributed by atoms with Gasteiger partial charge in [0.1, 0.15) is 5.01 Å². The molecule has 2 unspecified atom stereocenters. The number of nitrogens with zero attached hydrogens (tertiary/aromatic N) is 4. The van der Waals surface area contributed by atoms with Crippen molar-refractivity contribution < 1.29 is 14.7 Å². The summed E-state index contributed by atoms with van der Waals surface area (Å²) in [7, 11) is 0. The van der Waals surface area contributed by atoms with Crippen molar-refractivity contribution in [2.24, 2.45) is 0 Å². The molecule has 7 nitrogen and oxygen atoms in total. The van der Waals surface area contributed by atoms with Crippen LogP contribution in [-0.2, 0) is 16.1 Å². The molecule has 2 heterocycles. The van der Waals surface area contributed by atoms with E-state index in [9.17, 15) is 14.7 Å². The number of hydrogen-bond acceptors (Lipinski definition) is 6. The lowest BCUT2D eigenvalue weighted by atomic mass is 10.1. The van der Waals surface area contributed by atoms with Gasteiger partial charge in [-0.15, -0.1) is 10.2 Å². The summed E-state index contributed by atoms with van der Waals surface area (Å²) >= 11 is 4.58. The van der Waals surface area contributed by atoms with E-state index in [4.69, 9.17) is 0 Å². The number of amides is 2. The molecule has 1 N–H and O–H groups in total. The maximum absolute atomic E-state index is 12.2. The Kier molecular flexibility index (Phi) is 4.23. The minimum absolute atomic E-state index is 0.00530. The lowest BCUT2D eigenvalue weighted by Gasteiger charge is -2.36. The highest BCUT2D eigenvalue weighted by Gasteiger charge is 2.39. The van der Waals surface area contributed by atoms with Crippen molar-refractivity contribution in [1.82, 2.24) is 20.0 Å². The summed E-state index contributed by atoms with van der Waals surface area (Å²) in [5.74, 6) is -0.960. The largest absolute Gasteiger partial charge is 0.393 e. The smallest absolute Gasteiger partial charge is 0.312 e. The van der Waals surface area contributed by atoms with E-state index >= 15 is 0 Å². The summed E-state index contributed by atoms with van der Waals surface area (Å²) in [6.45, 7) is 1.32. The zero-order chi connectivity index (χ0) is 15.0. The van der Waals surface area contributed by atoms with E-state index < -0.39 is 11.8 Å². The lowest BCUT2D eigenvalue weighted by Crippen LogP contribution is -2.56. The van der Waals surface area contributed by atoms with E-state index in [1.54, 1.807) is 4.90 Å². The molecule has 0 spiro atoms. The Hall–Kier alpha value is -1.06. The number of aromatic nitrogens is 2. The third-order valence-corrected chi connectivity index (χ3v) is 5.27. The molecular formula is C12H15BrN4O3S. The van der Waals surface area contributed by atoms with Crippen LogP contribution in [0.1, 0.15) is 24.3 Å². The standard InChI is InChI=1S/C12H15BrN4O3S/c13-12-15-14-9(21-12)6-16-3-4-17(11(20)10(16)19)7-1-2-8(18)5-7/h7-8,18H,1-6H2. The number of carbonyl (C=O) groups is 2. The number of rotatable bonds is 3. The molecule has 2 fully saturated rings. The molecule has 2 amide bonds. The maximum Gasteiger partial charge on any atom is 0.312 e. The molecule has 2 atom stereocenters. The number of aliphatic hydroxyl groups excluding tert-OH is 1. The first-order chi connectivity index (χ1) is 10.0. The average molecular weight is 375 g/mol. The first-order valence-electron chi connectivity index (χ1n) is 6.80. The number of piperazine rings is 1. The summed E-state index contributed by atoms with van der Waals surface area (Å²) < 4.78 is 0.662. The monoisotopic (exact) mass is 374 g/mol. The first kappa shape index (κ1) is 14.9. The number of carbonyl (C=O) groups excluding carboxylic acids is 2. The van der Waals surface area contributed by atoms with Crippen molar-refractivity contribution in [2.45, 2.75) is 38.0 Å². The van der Waals surface area contributed by atoms with Crippen LogP contribution in [0.5, 0.6) is 0 Å². The van der Waals surface area contributed by atoms with Gasteiger partial charge in [0.05, 0.1) is 12.6 Å². The predicted octanol–water partition coefficient (Wildman–Crippen LogP) is 0.385. The highest BCUT2D eigenvalue weighted by atomic mass is 79.9. The molecule has 1 saturated heterocycles. The van der Waals surface area contributed by atoms with Crippen LogP contribution in [0.4, 0.5) is 0 Å². The second-order valence-corrected chi connectivity index (χ2v) is 7.63. The molecule has 2 aliphatic rings. The van der Waals surface area contributed by atoms with Gasteiger partial charge in [0, 0.05) is 19.1 Å². The molecule has 1 aliphatic heterocycles. The van der Waals surface area contributed by atoms with Crippen molar-refractivity contribution in [1.29, 1.82) is 0 Å². The van der Waals surface area contributed by atoms with Gasteiger partial charge < -0.3 is 14.9 Å². The normalized spacial score (nSPS) is 26.8. The van der Waals surface area contributed by atoms with E-state index in [0.717, 1.165) is 6.42 Å². The SMILES string of the molecule is O=C1C(=O)N(C2CCC(O)C2)CCN1Cc1nnc(Br)s1. The Morgan fingerprint density at radius 3 is 2.67 bits per heavy atom. The Morgan fingerprint density at radius 1 is 1.24 bits per heavy atom. The molecule has 0 radical (unpaired) electrons. The first-order valence-corrected chi connectivity index (χ1v) is 8.41. The fourth-order valence-electron chi connectivity index (χ4n) is 2.87. The fourth-order valence-corrected chi connectivity index (χ4v) is 4.08. The maximum atomic E-state index is 12.2. The summed E-state index contributed by atoms with van der Waals surface area (Å²) in [5, 5.41) is 18.1. The zero-order valence-corrected chi connectivity index (χ0v) is 13.6. The highest BCUT2D eigenvalue weighted by molar-refractivity contribution is 9.11. The van der Waals surface area contributed by atoms with Crippen LogP contribution in [0, 0.1) is 0 Å². The zero-order valence-electron chi connectivity index (χ0n) is 11.2. The molecule has 21 heavy (non-hydrogen) atoms. The summed E-state index contributed by atoms with van der Waals surface area (Å²) in [6.07, 6.45) is 1.69. The number of halogens is 1. The third-order valence-electron chi connectivity index (χ3n) is 3.93. The van der Waals surface area contributed by atoms with Gasteiger partial charge in [-0.2, -0.15) is 0 Å². The van der Waals surface area contributed by atoms with Crippen LogP contribution in [0.25, 0.3) is 0 Å². The van der Waals surface area contributed by atoms with E-state index in [0.29, 0.717) is 41.4 Å². The van der Waals surface area contributed by atoms with Crippen LogP contribution in [0.15, 0.2) is 3.92 Å². The van der Waals surface area contributed by atoms with E-state index in [-0.39, 0.29) is 12.1 Å². The Morgan fingerprint density at radius 2 is 2.05 bits per heavy atom. The van der Waals surface area contributed by atoms with Gasteiger partial charge in [-0.25, -0.2) is 0 Å². The summed E-state index contributed by atoms with van der Waals surface area (Å²) in [6, 6.07) is -0.00530. The summed E-state index contributed by atoms with van der Waals surface area (Å²) in [5.41, 5.74) is 0. The van der Waals surface area contributed by atoms with Gasteiger partial charge in [-0.3, -0.25) is 9.59 Å². The molecule has 1 aromatic heterocycles. The third kappa shape index (κ3) is 3.09. The minimum Gasteiger partial charge on any atom is -0.393 e. The second-order valence-electron chi connectivity index (χ2n) is 5.29. The van der Waals surface area contributed by atoms with Gasteiger partial charge in [-0.1, -0.05) is 11.3 Å². The fraction of sp³-hybridized carbons (Fsp3) is 0.667. The van der Waals surface area contributed by atoms with Crippen LogP contribution < -0.4 is 0 Å². The predicted molar refractivity (Wildman–Crippen MR) is 78.4 cm³/mol. The van der Waals surface area contributed by atoms with Gasteiger partial charge in [0.2, 0.25) is 0 Å². The number of hydrogen-bond donors (Lipinski definition) is 1. The lowest BCUT2D eigenvalue weighted by molar-refractivity contribution is -0.158. The molecular weight excluding hydrogens is 360 g/mol. The van der Waals surface area contributed by atoms with E-state index in [2.05, 4.69) is 26.1 Å².